The summed E-state index contributed by atoms with van der Waals surface area (Å²) >= 11 is 0. The smallest absolute Gasteiger partial charge is 0.337 e. The summed E-state index contributed by atoms with van der Waals surface area (Å²) < 4.78 is 36.5. The number of non-ortho nitro benzene ring substituents is 1. The van der Waals surface area contributed by atoms with Gasteiger partial charge in [0, 0.05) is 12.1 Å². The van der Waals surface area contributed by atoms with E-state index in [0.717, 1.165) is 23.5 Å². The van der Waals surface area contributed by atoms with E-state index < -0.39 is 44.0 Å². The van der Waals surface area contributed by atoms with Gasteiger partial charge in [-0.2, -0.15) is 0 Å². The molecule has 0 heterocycles. The molecule has 2 aromatic rings. The predicted octanol–water partition coefficient (Wildman–Crippen LogP) is 2.06. The number of nitrogens with zero attached hydrogens (tertiary/aromatic N) is 2. The van der Waals surface area contributed by atoms with E-state index in [1.54, 1.807) is 6.92 Å². The van der Waals surface area contributed by atoms with Crippen molar-refractivity contribution < 1.29 is 32.4 Å². The first kappa shape index (κ1) is 21.8. The molecule has 0 aliphatic carbocycles. The third-order valence-electron chi connectivity index (χ3n) is 4.02. The summed E-state index contributed by atoms with van der Waals surface area (Å²) in [5, 5.41) is 11.0. The number of nitro benzene ring substituents is 1. The van der Waals surface area contributed by atoms with Crippen LogP contribution in [0.1, 0.15) is 15.9 Å². The molecule has 0 atom stereocenters. The Morgan fingerprint density at radius 1 is 1.10 bits per heavy atom. The zero-order chi connectivity index (χ0) is 21.8. The zero-order valence-electron chi connectivity index (χ0n) is 15.8. The maximum Gasteiger partial charge on any atom is 0.337 e. The van der Waals surface area contributed by atoms with Crippen LogP contribution in [0, 0.1) is 17.0 Å². The van der Waals surface area contributed by atoms with Crippen molar-refractivity contribution in [2.45, 2.75) is 11.8 Å². The van der Waals surface area contributed by atoms with Gasteiger partial charge in [0.05, 0.1) is 35.3 Å². The Morgan fingerprint density at radius 3 is 2.38 bits per heavy atom. The van der Waals surface area contributed by atoms with E-state index in [4.69, 9.17) is 0 Å². The number of sulfonamides is 1. The summed E-state index contributed by atoms with van der Waals surface area (Å²) in [5.41, 5.74) is 0.113. The Kier molecular flexibility index (Phi) is 6.54. The summed E-state index contributed by atoms with van der Waals surface area (Å²) in [6.45, 7) is 0.886. The summed E-state index contributed by atoms with van der Waals surface area (Å²) in [6.07, 6.45) is 0. The number of esters is 2. The SMILES string of the molecule is COC(=O)CN(c1cc(C(=O)OC)ccc1C)S(=O)(=O)c1cccc([N+](=O)[O-])c1. The number of benzene rings is 2. The van der Waals surface area contributed by atoms with Gasteiger partial charge in [-0.1, -0.05) is 12.1 Å². The summed E-state index contributed by atoms with van der Waals surface area (Å²) in [7, 11) is -2.14. The van der Waals surface area contributed by atoms with Crippen molar-refractivity contribution >= 4 is 33.3 Å². The van der Waals surface area contributed by atoms with Gasteiger partial charge < -0.3 is 9.47 Å². The van der Waals surface area contributed by atoms with E-state index in [-0.39, 0.29) is 11.3 Å². The molecular formula is C18H18N2O8S. The molecule has 2 aromatic carbocycles. The molecule has 154 valence electrons. The molecule has 0 aliphatic heterocycles. The summed E-state index contributed by atoms with van der Waals surface area (Å²) in [4.78, 5) is 33.7. The molecule has 29 heavy (non-hydrogen) atoms. The quantitative estimate of drug-likeness (QED) is 0.376. The highest BCUT2D eigenvalue weighted by Gasteiger charge is 2.30. The lowest BCUT2D eigenvalue weighted by molar-refractivity contribution is -0.385. The van der Waals surface area contributed by atoms with Crippen molar-refractivity contribution in [3.8, 4) is 0 Å². The van der Waals surface area contributed by atoms with Gasteiger partial charge in [0.2, 0.25) is 0 Å². The molecule has 0 amide bonds. The number of nitro groups is 1. The van der Waals surface area contributed by atoms with Gasteiger partial charge in [-0.3, -0.25) is 19.2 Å². The van der Waals surface area contributed by atoms with E-state index in [2.05, 4.69) is 9.47 Å². The summed E-state index contributed by atoms with van der Waals surface area (Å²) in [6, 6.07) is 8.63. The highest BCUT2D eigenvalue weighted by Crippen LogP contribution is 2.29. The second-order valence-electron chi connectivity index (χ2n) is 5.84. The van der Waals surface area contributed by atoms with Crippen LogP contribution >= 0.6 is 0 Å². The van der Waals surface area contributed by atoms with Crippen LogP contribution in [0.3, 0.4) is 0 Å². The number of ether oxygens (including phenoxy) is 2. The van der Waals surface area contributed by atoms with Gasteiger partial charge in [0.25, 0.3) is 15.7 Å². The number of aryl methyl sites for hydroxylation is 1. The van der Waals surface area contributed by atoms with Crippen molar-refractivity contribution in [1.82, 2.24) is 0 Å². The second kappa shape index (κ2) is 8.69. The molecular weight excluding hydrogens is 404 g/mol. The topological polar surface area (TPSA) is 133 Å². The molecule has 0 radical (unpaired) electrons. The number of hydrogen-bond acceptors (Lipinski definition) is 8. The molecule has 2 rings (SSSR count). The van der Waals surface area contributed by atoms with Gasteiger partial charge in [0.1, 0.15) is 6.54 Å². The number of methoxy groups -OCH3 is 2. The molecule has 0 spiro atoms. The lowest BCUT2D eigenvalue weighted by Crippen LogP contribution is -2.37. The molecule has 0 saturated carbocycles. The van der Waals surface area contributed by atoms with Crippen molar-refractivity contribution in [1.29, 1.82) is 0 Å². The van der Waals surface area contributed by atoms with E-state index >= 15 is 0 Å². The number of anilines is 1. The van der Waals surface area contributed by atoms with Crippen molar-refractivity contribution in [3.05, 3.63) is 63.7 Å². The predicted molar refractivity (Wildman–Crippen MR) is 102 cm³/mol. The monoisotopic (exact) mass is 422 g/mol. The van der Waals surface area contributed by atoms with Crippen LogP contribution in [0.15, 0.2) is 47.4 Å². The Balaban J connectivity index is 2.68. The molecule has 0 bridgehead atoms. The molecule has 0 aliphatic rings. The normalized spacial score (nSPS) is 10.9. The van der Waals surface area contributed by atoms with Gasteiger partial charge in [-0.05, 0) is 30.7 Å². The minimum atomic E-state index is -4.41. The van der Waals surface area contributed by atoms with Crippen LogP contribution in [-0.4, -0.2) is 46.0 Å². The van der Waals surface area contributed by atoms with Crippen LogP contribution in [0.4, 0.5) is 11.4 Å². The van der Waals surface area contributed by atoms with Gasteiger partial charge in [-0.15, -0.1) is 0 Å². The highest BCUT2D eigenvalue weighted by atomic mass is 32.2. The van der Waals surface area contributed by atoms with Crippen molar-refractivity contribution in [3.63, 3.8) is 0 Å². The van der Waals surface area contributed by atoms with Crippen LogP contribution in [0.25, 0.3) is 0 Å². The largest absolute Gasteiger partial charge is 0.468 e. The molecule has 0 N–H and O–H groups in total. The number of hydrogen-bond donors (Lipinski definition) is 0. The second-order valence-corrected chi connectivity index (χ2v) is 7.70. The molecule has 0 unspecified atom stereocenters. The fraction of sp³-hybridized carbons (Fsp3) is 0.222. The van der Waals surface area contributed by atoms with Crippen LogP contribution in [0.5, 0.6) is 0 Å². The average molecular weight is 422 g/mol. The Labute approximate surface area is 166 Å². The molecule has 10 nitrogen and oxygen atoms in total. The first-order valence-corrected chi connectivity index (χ1v) is 9.58. The van der Waals surface area contributed by atoms with Crippen LogP contribution in [0.2, 0.25) is 0 Å². The highest BCUT2D eigenvalue weighted by molar-refractivity contribution is 7.92. The fourth-order valence-corrected chi connectivity index (χ4v) is 3.99. The Morgan fingerprint density at radius 2 is 1.79 bits per heavy atom. The van der Waals surface area contributed by atoms with E-state index in [1.165, 1.54) is 37.4 Å². The minimum Gasteiger partial charge on any atom is -0.468 e. The van der Waals surface area contributed by atoms with Gasteiger partial charge in [-0.25, -0.2) is 13.2 Å². The maximum atomic E-state index is 13.2. The average Bonchev–Trinajstić information content (AvgIpc) is 2.71. The number of carbonyl (C=O) groups excluding carboxylic acids is 2. The van der Waals surface area contributed by atoms with E-state index in [9.17, 15) is 28.1 Å². The van der Waals surface area contributed by atoms with E-state index in [1.807, 2.05) is 0 Å². The van der Waals surface area contributed by atoms with Crippen LogP contribution < -0.4 is 4.31 Å². The fourth-order valence-electron chi connectivity index (χ4n) is 2.49. The Hall–Kier alpha value is -3.47. The first-order valence-electron chi connectivity index (χ1n) is 8.14. The van der Waals surface area contributed by atoms with Gasteiger partial charge >= 0.3 is 11.9 Å². The molecule has 11 heteroatoms. The lowest BCUT2D eigenvalue weighted by Gasteiger charge is -2.25. The van der Waals surface area contributed by atoms with E-state index in [0.29, 0.717) is 5.56 Å². The van der Waals surface area contributed by atoms with Gasteiger partial charge in [0.15, 0.2) is 0 Å². The standard InChI is InChI=1S/C18H18N2O8S/c1-12-7-8-13(18(22)28-3)9-16(12)19(11-17(21)27-2)29(25,26)15-6-4-5-14(10-15)20(23)24/h4-10H,11H2,1-3H3. The first-order chi connectivity index (χ1) is 13.6. The van der Waals surface area contributed by atoms with Crippen LogP contribution in [-0.2, 0) is 24.3 Å². The lowest BCUT2D eigenvalue weighted by atomic mass is 10.1. The molecule has 0 saturated heterocycles. The minimum absolute atomic E-state index is 0.0322. The third kappa shape index (κ3) is 4.69. The zero-order valence-corrected chi connectivity index (χ0v) is 16.6. The maximum absolute atomic E-state index is 13.2. The summed E-state index contributed by atoms with van der Waals surface area (Å²) in [5.74, 6) is -1.56. The third-order valence-corrected chi connectivity index (χ3v) is 5.77. The van der Waals surface area contributed by atoms with Crippen molar-refractivity contribution in [2.24, 2.45) is 0 Å². The molecule has 0 aromatic heterocycles. The number of rotatable bonds is 7. The number of carbonyl (C=O) groups is 2. The van der Waals surface area contributed by atoms with Crippen molar-refractivity contribution in [2.75, 3.05) is 25.1 Å². The Bertz CT molecular complexity index is 1070. The molecule has 0 fully saturated rings.